The van der Waals surface area contributed by atoms with Crippen LogP contribution in [-0.2, 0) is 10.5 Å². The van der Waals surface area contributed by atoms with E-state index >= 15 is 0 Å². The van der Waals surface area contributed by atoms with Crippen LogP contribution in [0.5, 0.6) is 0 Å². The third-order valence-corrected chi connectivity index (χ3v) is 3.53. The standard InChI is InChI=1S/C11H16N2O6/c1-10(5-14)7(16)8(17)11(2,19-10)13-4-3-6(15)12-9(13)18/h3-4,7-8,14,16-17H,5H2,1-2H3,(H,12,15,18). The van der Waals surface area contributed by atoms with Gasteiger partial charge >= 0.3 is 5.69 Å². The van der Waals surface area contributed by atoms with Crippen LogP contribution in [0.2, 0.25) is 0 Å². The number of aromatic nitrogens is 2. The van der Waals surface area contributed by atoms with Gasteiger partial charge in [-0.1, -0.05) is 0 Å². The van der Waals surface area contributed by atoms with Crippen LogP contribution in [0.15, 0.2) is 21.9 Å². The zero-order chi connectivity index (χ0) is 14.4. The van der Waals surface area contributed by atoms with Gasteiger partial charge in [-0.3, -0.25) is 14.3 Å². The van der Waals surface area contributed by atoms with Crippen LogP contribution in [-0.4, -0.2) is 49.3 Å². The van der Waals surface area contributed by atoms with Gasteiger partial charge in [0.1, 0.15) is 17.8 Å². The van der Waals surface area contributed by atoms with Crippen molar-refractivity contribution in [3.63, 3.8) is 0 Å². The third kappa shape index (κ3) is 1.93. The number of aliphatic hydroxyl groups excluding tert-OH is 3. The number of hydrogen-bond acceptors (Lipinski definition) is 6. The molecule has 1 fully saturated rings. The van der Waals surface area contributed by atoms with Gasteiger partial charge in [0.25, 0.3) is 5.56 Å². The minimum Gasteiger partial charge on any atom is -0.393 e. The first-order valence-electron chi connectivity index (χ1n) is 5.74. The van der Waals surface area contributed by atoms with E-state index in [4.69, 9.17) is 4.74 Å². The average molecular weight is 272 g/mol. The van der Waals surface area contributed by atoms with E-state index in [9.17, 15) is 24.9 Å². The molecular weight excluding hydrogens is 256 g/mol. The maximum Gasteiger partial charge on any atom is 0.330 e. The van der Waals surface area contributed by atoms with E-state index in [1.54, 1.807) is 0 Å². The van der Waals surface area contributed by atoms with Crippen molar-refractivity contribution in [2.45, 2.75) is 37.4 Å². The zero-order valence-electron chi connectivity index (χ0n) is 10.5. The van der Waals surface area contributed by atoms with Crippen LogP contribution in [0.4, 0.5) is 0 Å². The molecule has 0 saturated carbocycles. The summed E-state index contributed by atoms with van der Waals surface area (Å²) in [4.78, 5) is 24.8. The number of nitrogens with zero attached hydrogens (tertiary/aromatic N) is 1. The monoisotopic (exact) mass is 272 g/mol. The molecule has 106 valence electrons. The summed E-state index contributed by atoms with van der Waals surface area (Å²) >= 11 is 0. The Morgan fingerprint density at radius 3 is 2.47 bits per heavy atom. The van der Waals surface area contributed by atoms with Crippen LogP contribution in [0.25, 0.3) is 0 Å². The van der Waals surface area contributed by atoms with E-state index in [0.717, 1.165) is 10.6 Å². The lowest BCUT2D eigenvalue weighted by molar-refractivity contribution is -0.174. The summed E-state index contributed by atoms with van der Waals surface area (Å²) < 4.78 is 6.48. The molecule has 1 aliphatic heterocycles. The Morgan fingerprint density at radius 2 is 2.00 bits per heavy atom. The van der Waals surface area contributed by atoms with Gasteiger partial charge in [0, 0.05) is 12.3 Å². The van der Waals surface area contributed by atoms with Gasteiger partial charge in [-0.05, 0) is 13.8 Å². The quantitative estimate of drug-likeness (QED) is 0.480. The molecule has 0 spiro atoms. The lowest BCUT2D eigenvalue weighted by Crippen LogP contribution is -2.49. The summed E-state index contributed by atoms with van der Waals surface area (Å²) in [5.74, 6) is 0. The predicted octanol–water partition coefficient (Wildman–Crippen LogP) is -2.29. The van der Waals surface area contributed by atoms with Crippen molar-refractivity contribution in [1.29, 1.82) is 0 Å². The van der Waals surface area contributed by atoms with Crippen LogP contribution in [0.3, 0.4) is 0 Å². The number of H-pyrrole nitrogens is 1. The molecule has 0 amide bonds. The first-order valence-corrected chi connectivity index (χ1v) is 5.74. The maximum absolute atomic E-state index is 11.8. The minimum absolute atomic E-state index is 0.529. The smallest absolute Gasteiger partial charge is 0.330 e. The topological polar surface area (TPSA) is 125 Å². The summed E-state index contributed by atoms with van der Waals surface area (Å²) in [6, 6.07) is 1.10. The fraction of sp³-hybridized carbons (Fsp3) is 0.636. The molecule has 4 atom stereocenters. The molecule has 4 unspecified atom stereocenters. The molecule has 1 aromatic rings. The molecule has 8 heteroatoms. The number of aromatic amines is 1. The summed E-state index contributed by atoms with van der Waals surface area (Å²) in [5, 5.41) is 29.3. The van der Waals surface area contributed by atoms with E-state index in [1.807, 2.05) is 4.98 Å². The zero-order valence-corrected chi connectivity index (χ0v) is 10.5. The number of nitrogens with one attached hydrogen (secondary N) is 1. The Balaban J connectivity index is 2.55. The van der Waals surface area contributed by atoms with Crippen molar-refractivity contribution >= 4 is 0 Å². The first-order chi connectivity index (χ1) is 8.74. The maximum atomic E-state index is 11.8. The third-order valence-electron chi connectivity index (χ3n) is 3.53. The molecule has 0 aromatic carbocycles. The Hall–Kier alpha value is -1.48. The fourth-order valence-corrected chi connectivity index (χ4v) is 2.30. The van der Waals surface area contributed by atoms with Crippen molar-refractivity contribution in [1.82, 2.24) is 9.55 Å². The highest BCUT2D eigenvalue weighted by atomic mass is 16.6. The second-order valence-corrected chi connectivity index (χ2v) is 5.00. The molecule has 2 rings (SSSR count). The van der Waals surface area contributed by atoms with Gasteiger partial charge < -0.3 is 20.1 Å². The van der Waals surface area contributed by atoms with Crippen molar-refractivity contribution in [3.8, 4) is 0 Å². The first kappa shape index (κ1) is 13.9. The molecule has 0 bridgehead atoms. The summed E-state index contributed by atoms with van der Waals surface area (Å²) in [6.45, 7) is 2.28. The second kappa shape index (κ2) is 4.27. The molecule has 0 aliphatic carbocycles. The van der Waals surface area contributed by atoms with Crippen LogP contribution in [0.1, 0.15) is 13.8 Å². The van der Waals surface area contributed by atoms with Crippen LogP contribution < -0.4 is 11.2 Å². The molecule has 0 radical (unpaired) electrons. The van der Waals surface area contributed by atoms with Gasteiger partial charge in [0.2, 0.25) is 0 Å². The molecule has 1 aliphatic rings. The Kier molecular flexibility index (Phi) is 3.13. The lowest BCUT2D eigenvalue weighted by atomic mass is 9.96. The van der Waals surface area contributed by atoms with Gasteiger partial charge in [-0.2, -0.15) is 0 Å². The molecule has 1 saturated heterocycles. The van der Waals surface area contributed by atoms with Gasteiger partial charge in [-0.25, -0.2) is 4.79 Å². The van der Waals surface area contributed by atoms with Crippen molar-refractivity contribution in [2.75, 3.05) is 6.61 Å². The van der Waals surface area contributed by atoms with Crippen molar-refractivity contribution in [3.05, 3.63) is 33.1 Å². The number of ether oxygens (including phenoxy) is 1. The molecule has 4 N–H and O–H groups in total. The average Bonchev–Trinajstić information content (AvgIpc) is 2.52. The van der Waals surface area contributed by atoms with Gasteiger partial charge in [-0.15, -0.1) is 0 Å². The SMILES string of the molecule is CC1(CO)OC(C)(n2ccc(=O)[nH]c2=O)C(O)C1O. The Bertz CT molecular complexity index is 595. The fourth-order valence-electron chi connectivity index (χ4n) is 2.30. The van der Waals surface area contributed by atoms with Crippen LogP contribution in [0, 0.1) is 0 Å². The Labute approximate surface area is 107 Å². The highest BCUT2D eigenvalue weighted by molar-refractivity contribution is 5.05. The lowest BCUT2D eigenvalue weighted by Gasteiger charge is -2.31. The highest BCUT2D eigenvalue weighted by Gasteiger charge is 2.58. The molecule has 1 aromatic heterocycles. The molecule has 2 heterocycles. The van der Waals surface area contributed by atoms with Gasteiger partial charge in [0.15, 0.2) is 5.72 Å². The van der Waals surface area contributed by atoms with Crippen molar-refractivity contribution < 1.29 is 20.1 Å². The predicted molar refractivity (Wildman–Crippen MR) is 63.6 cm³/mol. The number of aliphatic hydroxyl groups is 3. The molecular formula is C11H16N2O6. The minimum atomic E-state index is -1.59. The van der Waals surface area contributed by atoms with E-state index in [2.05, 4.69) is 0 Å². The summed E-state index contributed by atoms with van der Waals surface area (Å²) in [5.41, 5.74) is -4.34. The normalized spacial score (nSPS) is 38.6. The van der Waals surface area contributed by atoms with Crippen LogP contribution >= 0.6 is 0 Å². The highest BCUT2D eigenvalue weighted by Crippen LogP contribution is 2.40. The van der Waals surface area contributed by atoms with Gasteiger partial charge in [0.05, 0.1) is 6.61 Å². The summed E-state index contributed by atoms with van der Waals surface area (Å²) in [7, 11) is 0. The largest absolute Gasteiger partial charge is 0.393 e. The van der Waals surface area contributed by atoms with E-state index in [1.165, 1.54) is 20.0 Å². The molecule has 19 heavy (non-hydrogen) atoms. The van der Waals surface area contributed by atoms with Crippen molar-refractivity contribution in [2.24, 2.45) is 0 Å². The van der Waals surface area contributed by atoms with E-state index in [0.29, 0.717) is 0 Å². The Morgan fingerprint density at radius 1 is 1.37 bits per heavy atom. The molecule has 8 nitrogen and oxygen atoms in total. The van der Waals surface area contributed by atoms with E-state index < -0.39 is 41.4 Å². The van der Waals surface area contributed by atoms with E-state index in [-0.39, 0.29) is 0 Å². The number of hydrogen-bond donors (Lipinski definition) is 4. The number of rotatable bonds is 2. The second-order valence-electron chi connectivity index (χ2n) is 5.00. The summed E-state index contributed by atoms with van der Waals surface area (Å²) in [6.07, 6.45) is -1.64.